The number of imidazole rings is 1. The van der Waals surface area contributed by atoms with Crippen LogP contribution in [-0.4, -0.2) is 19.5 Å². The van der Waals surface area contributed by atoms with Gasteiger partial charge in [0.15, 0.2) is 0 Å². The molecule has 0 unspecified atom stereocenters. The Morgan fingerprint density at radius 3 is 2.79 bits per heavy atom. The molecule has 0 aliphatic heterocycles. The molecule has 0 saturated heterocycles. The second kappa shape index (κ2) is 4.35. The fourth-order valence-corrected chi connectivity index (χ4v) is 2.18. The van der Waals surface area contributed by atoms with E-state index < -0.39 is 0 Å². The first kappa shape index (κ1) is 11.6. The Kier molecular flexibility index (Phi) is 2.67. The molecule has 0 radical (unpaired) electrons. The summed E-state index contributed by atoms with van der Waals surface area (Å²) in [4.78, 5) is 12.9. The van der Waals surface area contributed by atoms with Gasteiger partial charge < -0.3 is 10.3 Å². The number of hydrogen-bond acceptors (Lipinski definition) is 4. The van der Waals surface area contributed by atoms with Gasteiger partial charge in [-0.1, -0.05) is 12.1 Å². The minimum atomic E-state index is 0.531. The molecule has 3 aromatic rings. The monoisotopic (exact) mass is 253 g/mol. The van der Waals surface area contributed by atoms with Crippen molar-refractivity contribution in [2.45, 2.75) is 13.3 Å². The Morgan fingerprint density at radius 2 is 2.00 bits per heavy atom. The van der Waals surface area contributed by atoms with Gasteiger partial charge in [-0.05, 0) is 19.1 Å². The van der Waals surface area contributed by atoms with E-state index in [1.165, 1.54) is 6.33 Å². The van der Waals surface area contributed by atoms with Crippen LogP contribution < -0.4 is 5.73 Å². The SMILES string of the molecule is Cc1c(N)ncnc1Cc1nc2ccccc2n1C. The van der Waals surface area contributed by atoms with Gasteiger partial charge in [0.25, 0.3) is 0 Å². The van der Waals surface area contributed by atoms with Crippen LogP contribution in [0.4, 0.5) is 5.82 Å². The summed E-state index contributed by atoms with van der Waals surface area (Å²) in [6, 6.07) is 8.09. The number of para-hydroxylation sites is 2. The van der Waals surface area contributed by atoms with Gasteiger partial charge >= 0.3 is 0 Å². The minimum absolute atomic E-state index is 0.531. The van der Waals surface area contributed by atoms with Crippen LogP contribution >= 0.6 is 0 Å². The first-order valence-electron chi connectivity index (χ1n) is 6.13. The molecule has 0 saturated carbocycles. The molecule has 0 spiro atoms. The van der Waals surface area contributed by atoms with Crippen molar-refractivity contribution in [1.29, 1.82) is 0 Å². The maximum Gasteiger partial charge on any atom is 0.129 e. The second-order valence-electron chi connectivity index (χ2n) is 4.58. The van der Waals surface area contributed by atoms with E-state index in [1.54, 1.807) is 0 Å². The van der Waals surface area contributed by atoms with Gasteiger partial charge in [-0.15, -0.1) is 0 Å². The van der Waals surface area contributed by atoms with Crippen molar-refractivity contribution in [3.63, 3.8) is 0 Å². The second-order valence-corrected chi connectivity index (χ2v) is 4.58. The van der Waals surface area contributed by atoms with Crippen LogP contribution in [-0.2, 0) is 13.5 Å². The van der Waals surface area contributed by atoms with Gasteiger partial charge in [0.05, 0.1) is 16.7 Å². The molecule has 0 aliphatic rings. The largest absolute Gasteiger partial charge is 0.383 e. The third-order valence-electron chi connectivity index (χ3n) is 3.43. The summed E-state index contributed by atoms with van der Waals surface area (Å²) in [5.74, 6) is 1.51. The molecule has 5 nitrogen and oxygen atoms in total. The van der Waals surface area contributed by atoms with Crippen LogP contribution in [0, 0.1) is 6.92 Å². The van der Waals surface area contributed by atoms with E-state index in [2.05, 4.69) is 25.6 Å². The standard InChI is InChI=1S/C14H15N5/c1-9-11(16-8-17-14(9)15)7-13-18-10-5-3-4-6-12(10)19(13)2/h3-6,8H,7H2,1-2H3,(H2,15,16,17). The van der Waals surface area contributed by atoms with Gasteiger partial charge in [0.2, 0.25) is 0 Å². The van der Waals surface area contributed by atoms with E-state index in [9.17, 15) is 0 Å². The normalized spacial score (nSPS) is 11.1. The van der Waals surface area contributed by atoms with Crippen molar-refractivity contribution in [3.8, 4) is 0 Å². The van der Waals surface area contributed by atoms with Gasteiger partial charge in [0.1, 0.15) is 18.0 Å². The third kappa shape index (κ3) is 1.93. The minimum Gasteiger partial charge on any atom is -0.383 e. The number of benzene rings is 1. The van der Waals surface area contributed by atoms with Crippen LogP contribution in [0.15, 0.2) is 30.6 Å². The van der Waals surface area contributed by atoms with Crippen molar-refractivity contribution in [2.75, 3.05) is 5.73 Å². The molecule has 0 fully saturated rings. The van der Waals surface area contributed by atoms with E-state index in [0.717, 1.165) is 28.1 Å². The first-order chi connectivity index (χ1) is 9.16. The van der Waals surface area contributed by atoms with Crippen molar-refractivity contribution in [1.82, 2.24) is 19.5 Å². The number of hydrogen-bond donors (Lipinski definition) is 1. The van der Waals surface area contributed by atoms with Crippen LogP contribution in [0.2, 0.25) is 0 Å². The summed E-state index contributed by atoms with van der Waals surface area (Å²) in [5, 5.41) is 0. The quantitative estimate of drug-likeness (QED) is 0.756. The van der Waals surface area contributed by atoms with E-state index in [4.69, 9.17) is 5.73 Å². The number of rotatable bonds is 2. The van der Waals surface area contributed by atoms with Crippen molar-refractivity contribution < 1.29 is 0 Å². The van der Waals surface area contributed by atoms with Gasteiger partial charge in [-0.3, -0.25) is 0 Å². The molecule has 0 atom stereocenters. The number of nitrogens with two attached hydrogens (primary N) is 1. The molecule has 2 N–H and O–H groups in total. The molecule has 0 amide bonds. The maximum absolute atomic E-state index is 5.81. The Morgan fingerprint density at radius 1 is 1.21 bits per heavy atom. The number of nitrogens with zero attached hydrogens (tertiary/aromatic N) is 4. The lowest BCUT2D eigenvalue weighted by atomic mass is 10.2. The van der Waals surface area contributed by atoms with Crippen LogP contribution in [0.3, 0.4) is 0 Å². The van der Waals surface area contributed by atoms with Gasteiger partial charge in [-0.2, -0.15) is 0 Å². The molecule has 19 heavy (non-hydrogen) atoms. The Bertz CT molecular complexity index is 745. The summed E-state index contributed by atoms with van der Waals surface area (Å²) in [7, 11) is 2.02. The number of aromatic nitrogens is 4. The fourth-order valence-electron chi connectivity index (χ4n) is 2.18. The highest BCUT2D eigenvalue weighted by Gasteiger charge is 2.11. The number of anilines is 1. The lowest BCUT2D eigenvalue weighted by molar-refractivity contribution is 0.825. The van der Waals surface area contributed by atoms with Crippen LogP contribution in [0.5, 0.6) is 0 Å². The Hall–Kier alpha value is -2.43. The van der Waals surface area contributed by atoms with Crippen molar-refractivity contribution in [2.24, 2.45) is 7.05 Å². The lowest BCUT2D eigenvalue weighted by Crippen LogP contribution is -2.05. The average Bonchev–Trinajstić information content (AvgIpc) is 2.73. The summed E-state index contributed by atoms with van der Waals surface area (Å²) < 4.78 is 2.09. The maximum atomic E-state index is 5.81. The zero-order valence-electron chi connectivity index (χ0n) is 11.0. The van der Waals surface area contributed by atoms with Gasteiger partial charge in [-0.25, -0.2) is 15.0 Å². The summed E-state index contributed by atoms with van der Waals surface area (Å²) in [6.07, 6.45) is 2.16. The predicted molar refractivity (Wildman–Crippen MR) is 74.7 cm³/mol. The highest BCUT2D eigenvalue weighted by molar-refractivity contribution is 5.75. The Labute approximate surface area is 111 Å². The summed E-state index contributed by atoms with van der Waals surface area (Å²) in [6.45, 7) is 1.94. The number of aryl methyl sites for hydroxylation is 1. The molecule has 0 bridgehead atoms. The summed E-state index contributed by atoms with van der Waals surface area (Å²) >= 11 is 0. The summed E-state index contributed by atoms with van der Waals surface area (Å²) in [5.41, 5.74) is 9.78. The molecule has 0 aliphatic carbocycles. The third-order valence-corrected chi connectivity index (χ3v) is 3.43. The zero-order valence-corrected chi connectivity index (χ0v) is 11.0. The lowest BCUT2D eigenvalue weighted by Gasteiger charge is -2.06. The molecule has 96 valence electrons. The predicted octanol–water partition coefficient (Wildman–Crippen LogP) is 1.84. The highest BCUT2D eigenvalue weighted by atomic mass is 15.1. The fraction of sp³-hybridized carbons (Fsp3) is 0.214. The molecule has 2 heterocycles. The van der Waals surface area contributed by atoms with E-state index in [0.29, 0.717) is 12.2 Å². The number of fused-ring (bicyclic) bond motifs is 1. The smallest absolute Gasteiger partial charge is 0.129 e. The van der Waals surface area contributed by atoms with Gasteiger partial charge in [0, 0.05) is 19.0 Å². The molecule has 5 heteroatoms. The molecular weight excluding hydrogens is 238 g/mol. The van der Waals surface area contributed by atoms with Crippen molar-refractivity contribution >= 4 is 16.9 Å². The average molecular weight is 253 g/mol. The first-order valence-corrected chi connectivity index (χ1v) is 6.13. The molecule has 1 aromatic carbocycles. The van der Waals surface area contributed by atoms with Crippen molar-refractivity contribution in [3.05, 3.63) is 47.7 Å². The van der Waals surface area contributed by atoms with E-state index >= 15 is 0 Å². The Balaban J connectivity index is 2.06. The molecule has 2 aromatic heterocycles. The molecular formula is C14H15N5. The molecule has 3 rings (SSSR count). The topological polar surface area (TPSA) is 69.6 Å². The van der Waals surface area contributed by atoms with E-state index in [1.807, 2.05) is 32.2 Å². The highest BCUT2D eigenvalue weighted by Crippen LogP contribution is 2.18. The zero-order chi connectivity index (χ0) is 13.4. The van der Waals surface area contributed by atoms with Crippen LogP contribution in [0.25, 0.3) is 11.0 Å². The van der Waals surface area contributed by atoms with Crippen LogP contribution in [0.1, 0.15) is 17.1 Å². The number of nitrogen functional groups attached to an aromatic ring is 1. The van der Waals surface area contributed by atoms with E-state index in [-0.39, 0.29) is 0 Å².